The molecular formula is C12H27N. The molecule has 1 heteroatoms. The van der Waals surface area contributed by atoms with E-state index in [4.69, 9.17) is 0 Å². The van der Waals surface area contributed by atoms with Crippen LogP contribution in [0.15, 0.2) is 12.7 Å². The van der Waals surface area contributed by atoms with Gasteiger partial charge in [-0.3, -0.25) is 0 Å². The van der Waals surface area contributed by atoms with Crippen LogP contribution in [0.5, 0.6) is 0 Å². The molecule has 0 aromatic carbocycles. The molecule has 0 saturated heterocycles. The van der Waals surface area contributed by atoms with E-state index in [-0.39, 0.29) is 0 Å². The van der Waals surface area contributed by atoms with Crippen LogP contribution >= 0.6 is 0 Å². The van der Waals surface area contributed by atoms with Crippen LogP contribution in [-0.4, -0.2) is 13.1 Å². The summed E-state index contributed by atoms with van der Waals surface area (Å²) in [6, 6.07) is 0. The Morgan fingerprint density at radius 2 is 1.85 bits per heavy atom. The molecule has 1 nitrogen and oxygen atoms in total. The van der Waals surface area contributed by atoms with Gasteiger partial charge in [-0.15, -0.1) is 6.58 Å². The second kappa shape index (κ2) is 9.79. The van der Waals surface area contributed by atoms with Crippen LogP contribution in [0.2, 0.25) is 0 Å². The summed E-state index contributed by atoms with van der Waals surface area (Å²) in [4.78, 5) is 0. The fourth-order valence-corrected chi connectivity index (χ4v) is 0.808. The Kier molecular flexibility index (Phi) is 11.4. The quantitative estimate of drug-likeness (QED) is 0.492. The fourth-order valence-electron chi connectivity index (χ4n) is 0.808. The van der Waals surface area contributed by atoms with Gasteiger partial charge in [0.05, 0.1) is 0 Å². The van der Waals surface area contributed by atoms with Gasteiger partial charge < -0.3 is 5.32 Å². The summed E-state index contributed by atoms with van der Waals surface area (Å²) in [7, 11) is 0. The van der Waals surface area contributed by atoms with Crippen molar-refractivity contribution < 1.29 is 0 Å². The van der Waals surface area contributed by atoms with Crippen molar-refractivity contribution in [1.29, 1.82) is 0 Å². The van der Waals surface area contributed by atoms with Crippen molar-refractivity contribution in [3.05, 3.63) is 12.7 Å². The van der Waals surface area contributed by atoms with E-state index < -0.39 is 0 Å². The molecule has 0 saturated carbocycles. The largest absolute Gasteiger partial charge is 0.313 e. The Morgan fingerprint density at radius 1 is 1.31 bits per heavy atom. The lowest BCUT2D eigenvalue weighted by Crippen LogP contribution is -2.21. The van der Waals surface area contributed by atoms with Crippen LogP contribution in [0.4, 0.5) is 0 Å². The second-order valence-corrected chi connectivity index (χ2v) is 3.76. The highest BCUT2D eigenvalue weighted by molar-refractivity contribution is 4.72. The standard InChI is InChI=1S/C10H21N.C2H6/c1-5-8-11-9-7-10(3,4)6-2;1-2/h5,11H,1,6-9H2,2-4H3;1-2H3. The fraction of sp³-hybridized carbons (Fsp3) is 0.833. The van der Waals surface area contributed by atoms with E-state index in [0.29, 0.717) is 5.41 Å². The maximum absolute atomic E-state index is 3.65. The molecule has 80 valence electrons. The Labute approximate surface area is 84.6 Å². The van der Waals surface area contributed by atoms with E-state index in [9.17, 15) is 0 Å². The molecule has 0 rings (SSSR count). The van der Waals surface area contributed by atoms with Gasteiger partial charge in [0.1, 0.15) is 0 Å². The van der Waals surface area contributed by atoms with Gasteiger partial charge in [0, 0.05) is 6.54 Å². The van der Waals surface area contributed by atoms with Gasteiger partial charge in [-0.1, -0.05) is 47.1 Å². The highest BCUT2D eigenvalue weighted by Gasteiger charge is 2.13. The van der Waals surface area contributed by atoms with Gasteiger partial charge in [-0.25, -0.2) is 0 Å². The molecular weight excluding hydrogens is 158 g/mol. The summed E-state index contributed by atoms with van der Waals surface area (Å²) in [5.41, 5.74) is 0.494. The van der Waals surface area contributed by atoms with Crippen LogP contribution in [0.25, 0.3) is 0 Å². The lowest BCUT2D eigenvalue weighted by molar-refractivity contribution is 0.318. The SMILES string of the molecule is C=CCNCCC(C)(C)CC.CC. The first-order valence-corrected chi connectivity index (χ1v) is 5.44. The van der Waals surface area contributed by atoms with Gasteiger partial charge in [-0.2, -0.15) is 0 Å². The predicted octanol–water partition coefficient (Wildman–Crippen LogP) is 3.61. The Morgan fingerprint density at radius 3 is 2.23 bits per heavy atom. The average Bonchev–Trinajstić information content (AvgIpc) is 2.16. The molecule has 0 fully saturated rings. The van der Waals surface area contributed by atoms with Gasteiger partial charge in [0.25, 0.3) is 0 Å². The summed E-state index contributed by atoms with van der Waals surface area (Å²) < 4.78 is 0. The van der Waals surface area contributed by atoms with E-state index in [1.54, 1.807) is 0 Å². The smallest absolute Gasteiger partial charge is 0.0132 e. The predicted molar refractivity (Wildman–Crippen MR) is 63.1 cm³/mol. The number of rotatable bonds is 6. The Hall–Kier alpha value is -0.300. The van der Waals surface area contributed by atoms with Crippen molar-refractivity contribution in [2.24, 2.45) is 5.41 Å². The van der Waals surface area contributed by atoms with Crippen LogP contribution < -0.4 is 5.32 Å². The van der Waals surface area contributed by atoms with Gasteiger partial charge in [-0.05, 0) is 18.4 Å². The average molecular weight is 185 g/mol. The third kappa shape index (κ3) is 11.7. The van der Waals surface area contributed by atoms with Gasteiger partial charge in [0.2, 0.25) is 0 Å². The van der Waals surface area contributed by atoms with Crippen molar-refractivity contribution in [2.45, 2.75) is 47.5 Å². The summed E-state index contributed by atoms with van der Waals surface area (Å²) in [5.74, 6) is 0. The molecule has 0 radical (unpaired) electrons. The van der Waals surface area contributed by atoms with Crippen LogP contribution in [0, 0.1) is 5.41 Å². The first-order chi connectivity index (χ1) is 6.12. The third-order valence-electron chi connectivity index (χ3n) is 2.22. The zero-order valence-electron chi connectivity index (χ0n) is 10.1. The Bertz CT molecular complexity index is 106. The van der Waals surface area contributed by atoms with Crippen molar-refractivity contribution in [3.63, 3.8) is 0 Å². The molecule has 0 atom stereocenters. The minimum absolute atomic E-state index is 0.494. The number of hydrogen-bond acceptors (Lipinski definition) is 1. The zero-order chi connectivity index (χ0) is 10.7. The molecule has 0 aliphatic heterocycles. The molecule has 0 amide bonds. The van der Waals surface area contributed by atoms with Crippen LogP contribution in [0.1, 0.15) is 47.5 Å². The summed E-state index contributed by atoms with van der Waals surface area (Å²) >= 11 is 0. The molecule has 0 aromatic heterocycles. The number of hydrogen-bond donors (Lipinski definition) is 1. The minimum Gasteiger partial charge on any atom is -0.313 e. The molecule has 0 aliphatic carbocycles. The lowest BCUT2D eigenvalue weighted by atomic mass is 9.87. The van der Waals surface area contributed by atoms with E-state index in [1.165, 1.54) is 12.8 Å². The van der Waals surface area contributed by atoms with E-state index in [1.807, 2.05) is 19.9 Å². The summed E-state index contributed by atoms with van der Waals surface area (Å²) in [5, 5.41) is 3.31. The Balaban J connectivity index is 0. The molecule has 0 aromatic rings. The van der Waals surface area contributed by atoms with Crippen molar-refractivity contribution in [1.82, 2.24) is 5.32 Å². The minimum atomic E-state index is 0.494. The first-order valence-electron chi connectivity index (χ1n) is 5.44. The maximum atomic E-state index is 3.65. The molecule has 1 N–H and O–H groups in total. The van der Waals surface area contributed by atoms with E-state index >= 15 is 0 Å². The maximum Gasteiger partial charge on any atom is 0.0132 e. The number of nitrogens with one attached hydrogen (secondary N) is 1. The van der Waals surface area contributed by atoms with Crippen molar-refractivity contribution >= 4 is 0 Å². The monoisotopic (exact) mass is 185 g/mol. The third-order valence-corrected chi connectivity index (χ3v) is 2.22. The second-order valence-electron chi connectivity index (χ2n) is 3.76. The summed E-state index contributed by atoms with van der Waals surface area (Å²) in [6.07, 6.45) is 4.40. The van der Waals surface area contributed by atoms with Crippen LogP contribution in [-0.2, 0) is 0 Å². The van der Waals surface area contributed by atoms with E-state index in [0.717, 1.165) is 13.1 Å². The van der Waals surface area contributed by atoms with Gasteiger partial charge in [0.15, 0.2) is 0 Å². The normalized spacial score (nSPS) is 10.2. The molecule has 0 heterocycles. The van der Waals surface area contributed by atoms with Crippen LogP contribution in [0.3, 0.4) is 0 Å². The molecule has 0 spiro atoms. The van der Waals surface area contributed by atoms with E-state index in [2.05, 4.69) is 32.7 Å². The highest BCUT2D eigenvalue weighted by atomic mass is 14.8. The topological polar surface area (TPSA) is 12.0 Å². The molecule has 0 bridgehead atoms. The highest BCUT2D eigenvalue weighted by Crippen LogP contribution is 2.23. The molecule has 0 unspecified atom stereocenters. The first kappa shape index (κ1) is 15.2. The van der Waals surface area contributed by atoms with Gasteiger partial charge >= 0.3 is 0 Å². The zero-order valence-corrected chi connectivity index (χ0v) is 10.1. The lowest BCUT2D eigenvalue weighted by Gasteiger charge is -2.22. The molecule has 0 aliphatic rings. The summed E-state index contributed by atoms with van der Waals surface area (Å²) in [6.45, 7) is 16.5. The van der Waals surface area contributed by atoms with Crippen molar-refractivity contribution in [3.8, 4) is 0 Å². The van der Waals surface area contributed by atoms with Crippen molar-refractivity contribution in [2.75, 3.05) is 13.1 Å². The molecule has 13 heavy (non-hydrogen) atoms.